The topological polar surface area (TPSA) is 67.8 Å². The smallest absolute Gasteiger partial charge is 0.281 e. The van der Waals surface area contributed by atoms with Crippen molar-refractivity contribution in [2.45, 2.75) is 13.3 Å². The second-order valence-corrected chi connectivity index (χ2v) is 4.26. The maximum absolute atomic E-state index is 11.6. The van der Waals surface area contributed by atoms with E-state index in [1.54, 1.807) is 19.3 Å². The first kappa shape index (κ1) is 11.7. The van der Waals surface area contributed by atoms with Crippen molar-refractivity contribution in [2.24, 2.45) is 0 Å². The monoisotopic (exact) mass is 248 g/mol. The molecule has 2 aromatic heterocycles. The fraction of sp³-hybridized carbons (Fsp3) is 0.273. The van der Waals surface area contributed by atoms with E-state index in [9.17, 15) is 4.79 Å². The lowest BCUT2D eigenvalue weighted by atomic mass is 10.2. The number of aromatic nitrogens is 3. The van der Waals surface area contributed by atoms with E-state index < -0.39 is 0 Å². The third-order valence-corrected chi connectivity index (χ3v) is 2.98. The van der Waals surface area contributed by atoms with Crippen LogP contribution in [0.2, 0.25) is 0 Å². The lowest BCUT2D eigenvalue weighted by Gasteiger charge is -2.02. The van der Waals surface area contributed by atoms with Gasteiger partial charge in [-0.2, -0.15) is 4.37 Å². The largest absolute Gasteiger partial charge is 0.350 e. The summed E-state index contributed by atoms with van der Waals surface area (Å²) in [6.07, 6.45) is 4.27. The predicted molar refractivity (Wildman–Crippen MR) is 64.9 cm³/mol. The second-order valence-electron chi connectivity index (χ2n) is 3.51. The van der Waals surface area contributed by atoms with Gasteiger partial charge in [-0.25, -0.2) is 4.98 Å². The van der Waals surface area contributed by atoms with Crippen LogP contribution in [-0.4, -0.2) is 26.8 Å². The summed E-state index contributed by atoms with van der Waals surface area (Å²) < 4.78 is 3.97. The first-order chi connectivity index (χ1) is 8.25. The highest BCUT2D eigenvalue weighted by molar-refractivity contribution is 7.07. The molecule has 1 N–H and O–H groups in total. The number of nitrogens with zero attached hydrogens (tertiary/aromatic N) is 3. The van der Waals surface area contributed by atoms with Gasteiger partial charge in [0.05, 0.1) is 0 Å². The Labute approximate surface area is 103 Å². The number of amides is 1. The standard InChI is InChI=1S/C11H12N4OS/c1-8-14-11(17-15-8)10(16)13-7-4-9-2-5-12-6-3-9/h2-3,5-6H,4,7H2,1H3,(H,13,16). The van der Waals surface area contributed by atoms with Gasteiger partial charge >= 0.3 is 0 Å². The molecular weight excluding hydrogens is 236 g/mol. The van der Waals surface area contributed by atoms with Gasteiger partial charge in [0.15, 0.2) is 0 Å². The third-order valence-electron chi connectivity index (χ3n) is 2.17. The molecule has 2 rings (SSSR count). The van der Waals surface area contributed by atoms with E-state index in [0.717, 1.165) is 23.5 Å². The Kier molecular flexibility index (Phi) is 3.77. The van der Waals surface area contributed by atoms with Crippen molar-refractivity contribution < 1.29 is 4.79 Å². The Bertz CT molecular complexity index is 497. The summed E-state index contributed by atoms with van der Waals surface area (Å²) in [5, 5.41) is 3.22. The lowest BCUT2D eigenvalue weighted by molar-refractivity contribution is 0.0953. The average Bonchev–Trinajstić information content (AvgIpc) is 2.77. The molecule has 0 saturated heterocycles. The van der Waals surface area contributed by atoms with Crippen LogP contribution in [0.25, 0.3) is 0 Å². The van der Waals surface area contributed by atoms with Gasteiger partial charge in [-0.1, -0.05) is 0 Å². The molecule has 17 heavy (non-hydrogen) atoms. The van der Waals surface area contributed by atoms with Crippen molar-refractivity contribution in [2.75, 3.05) is 6.54 Å². The Balaban J connectivity index is 1.81. The van der Waals surface area contributed by atoms with Crippen LogP contribution in [0.5, 0.6) is 0 Å². The maximum Gasteiger partial charge on any atom is 0.281 e. The van der Waals surface area contributed by atoms with E-state index in [0.29, 0.717) is 17.4 Å². The lowest BCUT2D eigenvalue weighted by Crippen LogP contribution is -2.25. The van der Waals surface area contributed by atoms with Crippen molar-refractivity contribution in [3.05, 3.63) is 40.9 Å². The molecular formula is C11H12N4OS. The molecule has 0 bridgehead atoms. The number of hydrogen-bond donors (Lipinski definition) is 1. The molecule has 0 atom stereocenters. The van der Waals surface area contributed by atoms with E-state index in [-0.39, 0.29) is 5.91 Å². The van der Waals surface area contributed by atoms with Crippen LogP contribution in [0, 0.1) is 6.92 Å². The Morgan fingerprint density at radius 1 is 1.41 bits per heavy atom. The van der Waals surface area contributed by atoms with Gasteiger partial charge in [0, 0.05) is 18.9 Å². The summed E-state index contributed by atoms with van der Waals surface area (Å²) in [6.45, 7) is 2.35. The molecule has 0 aliphatic heterocycles. The van der Waals surface area contributed by atoms with Crippen molar-refractivity contribution in [3.63, 3.8) is 0 Å². The molecule has 88 valence electrons. The van der Waals surface area contributed by atoms with Crippen LogP contribution in [0.3, 0.4) is 0 Å². The zero-order valence-electron chi connectivity index (χ0n) is 9.38. The van der Waals surface area contributed by atoms with Gasteiger partial charge in [0.25, 0.3) is 5.91 Å². The quantitative estimate of drug-likeness (QED) is 0.883. The summed E-state index contributed by atoms with van der Waals surface area (Å²) in [5.74, 6) is 0.471. The van der Waals surface area contributed by atoms with Crippen LogP contribution in [0.1, 0.15) is 21.2 Å². The van der Waals surface area contributed by atoms with Gasteiger partial charge < -0.3 is 5.32 Å². The predicted octanol–water partition coefficient (Wildman–Crippen LogP) is 1.21. The summed E-state index contributed by atoms with van der Waals surface area (Å²) in [5.41, 5.74) is 1.15. The molecule has 6 heteroatoms. The molecule has 0 aromatic carbocycles. The number of hydrogen-bond acceptors (Lipinski definition) is 5. The van der Waals surface area contributed by atoms with Gasteiger partial charge in [0.1, 0.15) is 5.82 Å². The molecule has 0 saturated carbocycles. The van der Waals surface area contributed by atoms with Crippen LogP contribution < -0.4 is 5.32 Å². The Morgan fingerprint density at radius 3 is 2.82 bits per heavy atom. The molecule has 2 heterocycles. The number of aryl methyl sites for hydroxylation is 1. The van der Waals surface area contributed by atoms with Crippen LogP contribution in [0.4, 0.5) is 0 Å². The van der Waals surface area contributed by atoms with E-state index in [4.69, 9.17) is 0 Å². The van der Waals surface area contributed by atoms with E-state index in [1.807, 2.05) is 12.1 Å². The minimum atomic E-state index is -0.162. The summed E-state index contributed by atoms with van der Waals surface area (Å²) >= 11 is 1.12. The number of rotatable bonds is 4. The average molecular weight is 248 g/mol. The molecule has 5 nitrogen and oxygen atoms in total. The van der Waals surface area contributed by atoms with Crippen LogP contribution >= 0.6 is 11.5 Å². The number of carbonyl (C=O) groups is 1. The third kappa shape index (κ3) is 3.32. The molecule has 1 amide bonds. The van der Waals surface area contributed by atoms with Crippen molar-refractivity contribution in [3.8, 4) is 0 Å². The van der Waals surface area contributed by atoms with Crippen molar-refractivity contribution >= 4 is 17.4 Å². The molecule has 0 spiro atoms. The minimum absolute atomic E-state index is 0.162. The number of carbonyl (C=O) groups excluding carboxylic acids is 1. The maximum atomic E-state index is 11.6. The molecule has 0 aliphatic rings. The Morgan fingerprint density at radius 2 is 2.18 bits per heavy atom. The fourth-order valence-corrected chi connectivity index (χ4v) is 1.92. The molecule has 2 aromatic rings. The zero-order chi connectivity index (χ0) is 12.1. The SMILES string of the molecule is Cc1nsc(C(=O)NCCc2ccncc2)n1. The summed E-state index contributed by atoms with van der Waals surface area (Å²) in [7, 11) is 0. The van der Waals surface area contributed by atoms with Gasteiger partial charge in [-0.15, -0.1) is 0 Å². The fourth-order valence-electron chi connectivity index (χ4n) is 1.33. The van der Waals surface area contributed by atoms with Crippen LogP contribution in [-0.2, 0) is 6.42 Å². The van der Waals surface area contributed by atoms with E-state index >= 15 is 0 Å². The minimum Gasteiger partial charge on any atom is -0.350 e. The molecule has 0 fully saturated rings. The number of nitrogens with one attached hydrogen (secondary N) is 1. The zero-order valence-corrected chi connectivity index (χ0v) is 10.2. The molecule has 0 radical (unpaired) electrons. The van der Waals surface area contributed by atoms with Crippen molar-refractivity contribution in [1.29, 1.82) is 0 Å². The van der Waals surface area contributed by atoms with E-state index in [2.05, 4.69) is 19.7 Å². The van der Waals surface area contributed by atoms with Gasteiger partial charge in [-0.3, -0.25) is 9.78 Å². The summed E-state index contributed by atoms with van der Waals surface area (Å²) in [6, 6.07) is 3.86. The first-order valence-corrected chi connectivity index (χ1v) is 6.00. The second kappa shape index (κ2) is 5.49. The highest BCUT2D eigenvalue weighted by Gasteiger charge is 2.09. The van der Waals surface area contributed by atoms with Crippen LogP contribution in [0.15, 0.2) is 24.5 Å². The van der Waals surface area contributed by atoms with Gasteiger partial charge in [0.2, 0.25) is 5.01 Å². The Hall–Kier alpha value is -1.82. The molecule has 0 aliphatic carbocycles. The van der Waals surface area contributed by atoms with Gasteiger partial charge in [-0.05, 0) is 42.6 Å². The normalized spacial score (nSPS) is 10.2. The highest BCUT2D eigenvalue weighted by atomic mass is 32.1. The number of pyridine rings is 1. The summed E-state index contributed by atoms with van der Waals surface area (Å²) in [4.78, 5) is 19.6. The van der Waals surface area contributed by atoms with Crippen molar-refractivity contribution in [1.82, 2.24) is 19.7 Å². The highest BCUT2D eigenvalue weighted by Crippen LogP contribution is 2.03. The van der Waals surface area contributed by atoms with E-state index in [1.165, 1.54) is 0 Å². The first-order valence-electron chi connectivity index (χ1n) is 5.23. The molecule has 0 unspecified atom stereocenters.